The van der Waals surface area contributed by atoms with Crippen molar-refractivity contribution in [2.75, 3.05) is 0 Å². The van der Waals surface area contributed by atoms with Crippen molar-refractivity contribution in [1.82, 2.24) is 0 Å². The van der Waals surface area contributed by atoms with Crippen LogP contribution in [0.4, 0.5) is 0 Å². The fourth-order valence-electron chi connectivity index (χ4n) is 3.92. The molecule has 0 fully saturated rings. The fourth-order valence-corrected chi connectivity index (χ4v) is 11.8. The SMILES string of the molecule is CC(C)(C)N=P(C(C)(C)C)(C(C)(C)C)C(C)(C)C. The van der Waals surface area contributed by atoms with Gasteiger partial charge in [-0.25, -0.2) is 0 Å². The van der Waals surface area contributed by atoms with Crippen molar-refractivity contribution in [3.8, 4) is 0 Å². The summed E-state index contributed by atoms with van der Waals surface area (Å²) in [7, 11) is -1.54. The molecule has 0 saturated heterocycles. The van der Waals surface area contributed by atoms with E-state index in [1.165, 1.54) is 0 Å². The molecule has 110 valence electrons. The van der Waals surface area contributed by atoms with Crippen molar-refractivity contribution >= 4 is 7.05 Å². The summed E-state index contributed by atoms with van der Waals surface area (Å²) in [5.74, 6) is 0. The molecule has 1 nitrogen and oxygen atoms in total. The van der Waals surface area contributed by atoms with E-state index in [1.807, 2.05) is 0 Å². The number of rotatable bonds is 0. The molecule has 0 aromatic heterocycles. The maximum Gasteiger partial charge on any atom is 0.0509 e. The summed E-state index contributed by atoms with van der Waals surface area (Å²) in [5, 5.41) is 0.699. The second-order valence-electron chi connectivity index (χ2n) is 9.42. The predicted molar refractivity (Wildman–Crippen MR) is 88.4 cm³/mol. The second kappa shape index (κ2) is 4.65. The molecule has 0 bridgehead atoms. The highest BCUT2D eigenvalue weighted by Crippen LogP contribution is 2.77. The van der Waals surface area contributed by atoms with Crippen molar-refractivity contribution in [3.63, 3.8) is 0 Å². The van der Waals surface area contributed by atoms with Gasteiger partial charge in [0.15, 0.2) is 0 Å². The topological polar surface area (TPSA) is 12.4 Å². The van der Waals surface area contributed by atoms with Crippen LogP contribution in [0.25, 0.3) is 0 Å². The highest BCUT2D eigenvalue weighted by atomic mass is 31.2. The summed E-state index contributed by atoms with van der Waals surface area (Å²) in [4.78, 5) is 0. The third-order valence-electron chi connectivity index (χ3n) is 3.36. The van der Waals surface area contributed by atoms with E-state index in [4.69, 9.17) is 4.74 Å². The van der Waals surface area contributed by atoms with Crippen LogP contribution >= 0.6 is 7.05 Å². The molecule has 0 heterocycles. The molecule has 2 heteroatoms. The molecule has 0 amide bonds. The molecular weight excluding hydrogens is 237 g/mol. The first kappa shape index (κ1) is 18.2. The Bertz CT molecular complexity index is 294. The Morgan fingerprint density at radius 3 is 0.778 bits per heavy atom. The molecule has 0 N–H and O–H groups in total. The molecule has 0 aliphatic heterocycles. The molecule has 0 aromatic carbocycles. The van der Waals surface area contributed by atoms with Crippen LogP contribution in [-0.2, 0) is 0 Å². The van der Waals surface area contributed by atoms with Crippen LogP contribution in [0.5, 0.6) is 0 Å². The van der Waals surface area contributed by atoms with Crippen molar-refractivity contribution < 1.29 is 0 Å². The maximum absolute atomic E-state index is 5.47. The Hall–Kier alpha value is 0.230. The van der Waals surface area contributed by atoms with Gasteiger partial charge in [0.2, 0.25) is 0 Å². The fraction of sp³-hybridized carbons (Fsp3) is 1.00. The Kier molecular flexibility index (Phi) is 4.71. The van der Waals surface area contributed by atoms with Gasteiger partial charge in [-0.05, 0) is 43.3 Å². The summed E-state index contributed by atoms with van der Waals surface area (Å²) in [6, 6.07) is 0. The highest BCUT2D eigenvalue weighted by molar-refractivity contribution is 7.70. The lowest BCUT2D eigenvalue weighted by atomic mass is 10.1. The number of hydrogen-bond acceptors (Lipinski definition) is 1. The van der Waals surface area contributed by atoms with Crippen LogP contribution in [0.2, 0.25) is 0 Å². The lowest BCUT2D eigenvalue weighted by Crippen LogP contribution is -2.40. The van der Waals surface area contributed by atoms with Gasteiger partial charge in [-0.2, -0.15) is 0 Å². The zero-order valence-electron chi connectivity index (χ0n) is 14.9. The van der Waals surface area contributed by atoms with Crippen molar-refractivity contribution in [2.24, 2.45) is 4.74 Å². The monoisotopic (exact) mass is 273 g/mol. The van der Waals surface area contributed by atoms with Crippen molar-refractivity contribution in [3.05, 3.63) is 0 Å². The minimum absolute atomic E-state index is 0.0294. The summed E-state index contributed by atoms with van der Waals surface area (Å²) in [6.07, 6.45) is 0. The van der Waals surface area contributed by atoms with Crippen molar-refractivity contribution in [2.45, 2.75) is 104 Å². The Labute approximate surface area is 116 Å². The minimum atomic E-state index is -1.54. The van der Waals surface area contributed by atoms with E-state index in [0.29, 0.717) is 0 Å². The van der Waals surface area contributed by atoms with Crippen LogP contribution in [0.3, 0.4) is 0 Å². The van der Waals surface area contributed by atoms with Gasteiger partial charge < -0.3 is 0 Å². The molecule has 0 radical (unpaired) electrons. The third-order valence-corrected chi connectivity index (χ3v) is 10.1. The van der Waals surface area contributed by atoms with E-state index >= 15 is 0 Å². The summed E-state index contributed by atoms with van der Waals surface area (Å²) in [6.45, 7) is 28.2. The standard InChI is InChI=1S/C16H36NP/c1-13(2,3)17-18(14(4,5)6,15(7,8)9)16(10,11)12/h1-12H3. The van der Waals surface area contributed by atoms with E-state index in [0.717, 1.165) is 0 Å². The predicted octanol–water partition coefficient (Wildman–Crippen LogP) is 6.38. The Morgan fingerprint density at radius 1 is 0.500 bits per heavy atom. The molecule has 0 rings (SSSR count). The minimum Gasteiger partial charge on any atom is -0.296 e. The summed E-state index contributed by atoms with van der Waals surface area (Å²) >= 11 is 0. The lowest BCUT2D eigenvalue weighted by Gasteiger charge is -2.55. The van der Waals surface area contributed by atoms with Crippen LogP contribution in [0, 0.1) is 0 Å². The zero-order valence-corrected chi connectivity index (χ0v) is 15.8. The van der Waals surface area contributed by atoms with Crippen LogP contribution in [-0.4, -0.2) is 21.0 Å². The first-order valence-corrected chi connectivity index (χ1v) is 8.84. The largest absolute Gasteiger partial charge is 0.296 e. The summed E-state index contributed by atoms with van der Waals surface area (Å²) in [5.41, 5.74) is 0.0294. The molecule has 0 saturated carbocycles. The van der Waals surface area contributed by atoms with Gasteiger partial charge in [-0.1, -0.05) is 62.3 Å². The van der Waals surface area contributed by atoms with Crippen LogP contribution in [0.1, 0.15) is 83.1 Å². The van der Waals surface area contributed by atoms with Gasteiger partial charge in [0.1, 0.15) is 0 Å². The van der Waals surface area contributed by atoms with Gasteiger partial charge >= 0.3 is 0 Å². The van der Waals surface area contributed by atoms with Gasteiger partial charge in [0, 0.05) is 0 Å². The van der Waals surface area contributed by atoms with Gasteiger partial charge in [-0.3, -0.25) is 4.74 Å². The van der Waals surface area contributed by atoms with E-state index in [2.05, 4.69) is 83.1 Å². The smallest absolute Gasteiger partial charge is 0.0509 e. The second-order valence-corrected chi connectivity index (χ2v) is 14.9. The van der Waals surface area contributed by atoms with Crippen LogP contribution < -0.4 is 0 Å². The van der Waals surface area contributed by atoms with E-state index in [9.17, 15) is 0 Å². The molecule has 18 heavy (non-hydrogen) atoms. The normalized spacial score (nSPS) is 15.8. The highest BCUT2D eigenvalue weighted by Gasteiger charge is 2.51. The lowest BCUT2D eigenvalue weighted by molar-refractivity contribution is 0.556. The first-order chi connectivity index (χ1) is 7.46. The molecule has 0 aliphatic rings. The zero-order chi connectivity index (χ0) is 15.2. The Morgan fingerprint density at radius 2 is 0.722 bits per heavy atom. The molecule has 0 unspecified atom stereocenters. The van der Waals surface area contributed by atoms with E-state index in [-0.39, 0.29) is 21.0 Å². The Balaban J connectivity index is 6.59. The van der Waals surface area contributed by atoms with Crippen molar-refractivity contribution in [1.29, 1.82) is 0 Å². The molecule has 0 aliphatic carbocycles. The average molecular weight is 273 g/mol. The maximum atomic E-state index is 5.47. The van der Waals surface area contributed by atoms with Crippen LogP contribution in [0.15, 0.2) is 4.74 Å². The molecule has 0 aromatic rings. The third kappa shape index (κ3) is 3.41. The van der Waals surface area contributed by atoms with Gasteiger partial charge in [0.25, 0.3) is 0 Å². The molecular formula is C16H36NP. The average Bonchev–Trinajstić information content (AvgIpc) is 1.90. The summed E-state index contributed by atoms with van der Waals surface area (Å²) < 4.78 is 5.47. The molecule has 0 atom stereocenters. The quantitative estimate of drug-likeness (QED) is 0.454. The van der Waals surface area contributed by atoms with E-state index in [1.54, 1.807) is 0 Å². The number of hydrogen-bond donors (Lipinski definition) is 0. The van der Waals surface area contributed by atoms with Gasteiger partial charge in [0.05, 0.1) is 5.54 Å². The van der Waals surface area contributed by atoms with Gasteiger partial charge in [-0.15, -0.1) is 0 Å². The number of nitrogens with zero attached hydrogens (tertiary/aromatic N) is 1. The van der Waals surface area contributed by atoms with E-state index < -0.39 is 7.05 Å². The first-order valence-electron chi connectivity index (χ1n) is 7.09. The molecule has 0 spiro atoms.